The number of piperidine rings is 1. The molecule has 5 nitrogen and oxygen atoms in total. The maximum atomic E-state index is 13.8. The summed E-state index contributed by atoms with van der Waals surface area (Å²) in [4.78, 5) is 29.6. The number of alkyl halides is 3. The van der Waals surface area contributed by atoms with Gasteiger partial charge in [-0.25, -0.2) is 0 Å². The van der Waals surface area contributed by atoms with Crippen molar-refractivity contribution in [1.29, 1.82) is 0 Å². The average molecular weight is 674 g/mol. The number of carbonyl (C=O) groups is 2. The highest BCUT2D eigenvalue weighted by molar-refractivity contribution is 6.31. The van der Waals surface area contributed by atoms with Crippen molar-refractivity contribution in [3.8, 4) is 22.3 Å². The number of fused-ring (bicyclic) bond motifs is 3. The third-order valence-electron chi connectivity index (χ3n) is 9.74. The number of carbonyl (C=O) groups excluding carboxylic acids is 2. The Morgan fingerprint density at radius 1 is 0.854 bits per heavy atom. The number of likely N-dealkylation sites (tertiary alicyclic amines) is 1. The zero-order valence-electron chi connectivity index (χ0n) is 26.9. The van der Waals surface area contributed by atoms with E-state index in [1.807, 2.05) is 31.2 Å². The fourth-order valence-electron chi connectivity index (χ4n) is 7.35. The summed E-state index contributed by atoms with van der Waals surface area (Å²) in [6, 6.07) is 26.1. The highest BCUT2D eigenvalue weighted by Crippen LogP contribution is 2.51. The van der Waals surface area contributed by atoms with Crippen molar-refractivity contribution >= 4 is 23.4 Å². The summed E-state index contributed by atoms with van der Waals surface area (Å²) < 4.78 is 39.3. The zero-order chi connectivity index (χ0) is 33.9. The maximum Gasteiger partial charge on any atom is 0.416 e. The second-order valence-electron chi connectivity index (χ2n) is 12.7. The molecule has 1 aliphatic carbocycles. The Labute approximate surface area is 284 Å². The molecule has 0 radical (unpaired) electrons. The van der Waals surface area contributed by atoms with Gasteiger partial charge in [0.15, 0.2) is 0 Å². The summed E-state index contributed by atoms with van der Waals surface area (Å²) in [6.07, 6.45) is -0.313. The van der Waals surface area contributed by atoms with Crippen LogP contribution in [0.15, 0.2) is 91.0 Å². The standard InChI is InChI=1S/C39H39ClF3N3O2/c1-2-44-37(48)38(34-11-5-3-9-31(34)32-10-4-6-12-35(32)38)21-7-8-22-46-23-19-29(20-24-46)45-36(47)33-25-28(40)17-18-30(33)26-13-15-27(16-14-26)39(41,42)43/h3-6,9-18,25,29H,2,7-8,19-24H2,1H3,(H,44,48)(H,45,47). The van der Waals surface area contributed by atoms with Crippen molar-refractivity contribution in [3.05, 3.63) is 118 Å². The van der Waals surface area contributed by atoms with Gasteiger partial charge in [0.05, 0.1) is 5.56 Å². The number of benzene rings is 4. The lowest BCUT2D eigenvalue weighted by Gasteiger charge is -2.33. The van der Waals surface area contributed by atoms with Gasteiger partial charge in [-0.2, -0.15) is 13.2 Å². The van der Waals surface area contributed by atoms with Gasteiger partial charge in [0, 0.05) is 36.3 Å². The first-order chi connectivity index (χ1) is 23.1. The van der Waals surface area contributed by atoms with E-state index in [1.54, 1.807) is 18.2 Å². The van der Waals surface area contributed by atoms with Crippen LogP contribution in [0.5, 0.6) is 0 Å². The summed E-state index contributed by atoms with van der Waals surface area (Å²) in [5.41, 5.74) is 4.35. The van der Waals surface area contributed by atoms with Crippen LogP contribution in [0.4, 0.5) is 13.2 Å². The third-order valence-corrected chi connectivity index (χ3v) is 9.97. The molecule has 9 heteroatoms. The van der Waals surface area contributed by atoms with Gasteiger partial charge in [0.2, 0.25) is 5.91 Å². The smallest absolute Gasteiger partial charge is 0.355 e. The fourth-order valence-corrected chi connectivity index (χ4v) is 7.52. The predicted molar refractivity (Wildman–Crippen MR) is 184 cm³/mol. The molecule has 48 heavy (non-hydrogen) atoms. The molecule has 0 saturated carbocycles. The van der Waals surface area contributed by atoms with Gasteiger partial charge in [0.1, 0.15) is 5.41 Å². The van der Waals surface area contributed by atoms with Crippen LogP contribution in [-0.4, -0.2) is 48.9 Å². The van der Waals surface area contributed by atoms with E-state index in [0.29, 0.717) is 28.3 Å². The molecule has 1 heterocycles. The van der Waals surface area contributed by atoms with Gasteiger partial charge in [-0.1, -0.05) is 84.8 Å². The van der Waals surface area contributed by atoms with Crippen LogP contribution in [0.3, 0.4) is 0 Å². The molecule has 2 aliphatic rings. The Kier molecular flexibility index (Phi) is 9.95. The number of hydrogen-bond acceptors (Lipinski definition) is 3. The number of nitrogens with zero attached hydrogens (tertiary/aromatic N) is 1. The topological polar surface area (TPSA) is 61.4 Å². The molecule has 1 aliphatic heterocycles. The van der Waals surface area contributed by atoms with Crippen LogP contribution in [0, 0.1) is 0 Å². The van der Waals surface area contributed by atoms with Gasteiger partial charge in [-0.15, -0.1) is 0 Å². The van der Waals surface area contributed by atoms with E-state index >= 15 is 0 Å². The Bertz CT molecular complexity index is 1740. The van der Waals surface area contributed by atoms with Crippen LogP contribution in [0.1, 0.15) is 66.1 Å². The molecule has 6 rings (SSSR count). The van der Waals surface area contributed by atoms with Gasteiger partial charge < -0.3 is 15.5 Å². The second-order valence-corrected chi connectivity index (χ2v) is 13.1. The van der Waals surface area contributed by atoms with E-state index in [9.17, 15) is 22.8 Å². The average Bonchev–Trinajstić information content (AvgIpc) is 3.38. The Morgan fingerprint density at radius 2 is 1.48 bits per heavy atom. The first kappa shape index (κ1) is 33.7. The Hall–Kier alpha value is -4.14. The van der Waals surface area contributed by atoms with Crippen LogP contribution < -0.4 is 10.6 Å². The van der Waals surface area contributed by atoms with Crippen LogP contribution >= 0.6 is 11.6 Å². The van der Waals surface area contributed by atoms with E-state index in [2.05, 4.69) is 39.8 Å². The minimum atomic E-state index is -4.44. The first-order valence-electron chi connectivity index (χ1n) is 16.6. The molecule has 1 saturated heterocycles. The van der Waals surface area contributed by atoms with Crippen molar-refractivity contribution < 1.29 is 22.8 Å². The molecule has 4 aromatic carbocycles. The van der Waals surface area contributed by atoms with E-state index in [1.165, 1.54) is 12.1 Å². The van der Waals surface area contributed by atoms with Crippen LogP contribution in [0.2, 0.25) is 5.02 Å². The molecule has 0 atom stereocenters. The number of amides is 2. The van der Waals surface area contributed by atoms with E-state index in [0.717, 1.165) is 86.1 Å². The lowest BCUT2D eigenvalue weighted by molar-refractivity contribution is -0.137. The lowest BCUT2D eigenvalue weighted by atomic mass is 9.73. The SMILES string of the molecule is CCNC(=O)C1(CCCCN2CCC(NC(=O)c3cc(Cl)ccc3-c3ccc(C(F)(F)F)cc3)CC2)c2ccccc2-c2ccccc21. The molecule has 4 aromatic rings. The van der Waals surface area contributed by atoms with Gasteiger partial charge >= 0.3 is 6.18 Å². The molecule has 0 unspecified atom stereocenters. The second kappa shape index (κ2) is 14.1. The normalized spacial score (nSPS) is 15.9. The summed E-state index contributed by atoms with van der Waals surface area (Å²) in [5, 5.41) is 6.64. The molecule has 0 spiro atoms. The number of hydrogen-bond donors (Lipinski definition) is 2. The third kappa shape index (κ3) is 6.74. The molecule has 0 aromatic heterocycles. The maximum absolute atomic E-state index is 13.8. The van der Waals surface area contributed by atoms with Crippen LogP contribution in [0.25, 0.3) is 22.3 Å². The van der Waals surface area contributed by atoms with Crippen molar-refractivity contribution in [2.45, 2.75) is 56.7 Å². The summed E-state index contributed by atoms with van der Waals surface area (Å²) in [5.74, 6) is -0.237. The molecule has 2 amide bonds. The van der Waals surface area contributed by atoms with E-state index in [-0.39, 0.29) is 17.9 Å². The number of halogens is 4. The van der Waals surface area contributed by atoms with Crippen molar-refractivity contribution in [2.24, 2.45) is 0 Å². The van der Waals surface area contributed by atoms with E-state index < -0.39 is 17.2 Å². The molecule has 1 fully saturated rings. The zero-order valence-corrected chi connectivity index (χ0v) is 27.6. The van der Waals surface area contributed by atoms with Gasteiger partial charge in [0.25, 0.3) is 5.91 Å². The number of unbranched alkanes of at least 4 members (excludes halogenated alkanes) is 1. The summed E-state index contributed by atoms with van der Waals surface area (Å²) in [6.45, 7) is 5.10. The molecule has 0 bridgehead atoms. The monoisotopic (exact) mass is 673 g/mol. The Morgan fingerprint density at radius 3 is 2.08 bits per heavy atom. The summed E-state index contributed by atoms with van der Waals surface area (Å²) >= 11 is 6.23. The minimum Gasteiger partial charge on any atom is -0.355 e. The number of nitrogens with one attached hydrogen (secondary N) is 2. The molecular weight excluding hydrogens is 635 g/mol. The lowest BCUT2D eigenvalue weighted by Crippen LogP contribution is -2.45. The highest BCUT2D eigenvalue weighted by atomic mass is 35.5. The van der Waals surface area contributed by atoms with Gasteiger partial charge in [-0.05, 0) is 96.8 Å². The number of rotatable bonds is 10. The quantitative estimate of drug-likeness (QED) is 0.166. The number of likely N-dealkylation sites (N-methyl/N-ethyl adjacent to an activating group) is 1. The largest absolute Gasteiger partial charge is 0.416 e. The predicted octanol–water partition coefficient (Wildman–Crippen LogP) is 8.49. The highest BCUT2D eigenvalue weighted by Gasteiger charge is 2.48. The fraction of sp³-hybridized carbons (Fsp3) is 0.333. The molecular formula is C39H39ClF3N3O2. The van der Waals surface area contributed by atoms with Crippen molar-refractivity contribution in [1.82, 2.24) is 15.5 Å². The van der Waals surface area contributed by atoms with Crippen LogP contribution in [-0.2, 0) is 16.4 Å². The van der Waals surface area contributed by atoms with Crippen molar-refractivity contribution in [2.75, 3.05) is 26.2 Å². The van der Waals surface area contributed by atoms with E-state index in [4.69, 9.17) is 11.6 Å². The van der Waals surface area contributed by atoms with Crippen molar-refractivity contribution in [3.63, 3.8) is 0 Å². The molecule has 250 valence electrons. The Balaban J connectivity index is 1.05. The summed E-state index contributed by atoms with van der Waals surface area (Å²) in [7, 11) is 0. The van der Waals surface area contributed by atoms with Gasteiger partial charge in [-0.3, -0.25) is 9.59 Å². The molecule has 2 N–H and O–H groups in total. The minimum absolute atomic E-state index is 0.0271. The first-order valence-corrected chi connectivity index (χ1v) is 17.0.